The number of benzene rings is 2. The van der Waals surface area contributed by atoms with E-state index in [9.17, 15) is 0 Å². The molecule has 0 heterocycles. The van der Waals surface area contributed by atoms with E-state index in [1.165, 1.54) is 5.56 Å². The van der Waals surface area contributed by atoms with Crippen molar-refractivity contribution < 1.29 is 4.84 Å². The molecule has 0 amide bonds. The van der Waals surface area contributed by atoms with Gasteiger partial charge < -0.3 is 10.2 Å². The molecule has 2 aromatic carbocycles. The summed E-state index contributed by atoms with van der Waals surface area (Å²) in [6, 6.07) is 16.1. The number of oxime groups is 1. The Kier molecular flexibility index (Phi) is 11.2. The van der Waals surface area contributed by atoms with E-state index < -0.39 is 0 Å². The molecule has 0 aliphatic rings. The SMILES string of the molecule is C=CC.C=NO/C(=C(\C)NC(C)c1ccccc1Cl)c1ccc(CSC)cc1. The molecule has 0 fully saturated rings. The van der Waals surface area contributed by atoms with Gasteiger partial charge >= 0.3 is 0 Å². The van der Waals surface area contributed by atoms with Crippen LogP contribution in [-0.4, -0.2) is 13.0 Å². The fourth-order valence-corrected chi connectivity index (χ4v) is 3.44. The molecule has 1 unspecified atom stereocenters. The Morgan fingerprint density at radius 2 is 1.86 bits per heavy atom. The number of hydrogen-bond acceptors (Lipinski definition) is 4. The second kappa shape index (κ2) is 13.1. The lowest BCUT2D eigenvalue weighted by Gasteiger charge is -2.19. The second-order valence-electron chi connectivity index (χ2n) is 6.10. The standard InChI is InChI=1S/C20H23ClN2OS.C3H6/c1-14(18-7-5-6-8-19(18)21)23-15(2)20(24-22-3)17-11-9-16(10-12-17)13-25-4;1-3-2/h5-12,14,23H,3,13H2,1-2,4H3;3H,1H2,2H3/b20-15+;. The topological polar surface area (TPSA) is 33.6 Å². The van der Waals surface area contributed by atoms with Crippen molar-refractivity contribution in [2.45, 2.75) is 32.6 Å². The molecule has 0 saturated heterocycles. The molecule has 28 heavy (non-hydrogen) atoms. The Hall–Kier alpha value is -2.17. The fourth-order valence-electron chi connectivity index (χ4n) is 2.62. The molecular weight excluding hydrogens is 388 g/mol. The Labute approximate surface area is 178 Å². The maximum absolute atomic E-state index is 6.29. The van der Waals surface area contributed by atoms with E-state index in [1.54, 1.807) is 17.8 Å². The molecule has 0 radical (unpaired) electrons. The second-order valence-corrected chi connectivity index (χ2v) is 7.37. The smallest absolute Gasteiger partial charge is 0.183 e. The van der Waals surface area contributed by atoms with Crippen LogP contribution in [0.15, 0.2) is 72.0 Å². The summed E-state index contributed by atoms with van der Waals surface area (Å²) >= 11 is 8.09. The number of thioether (sulfide) groups is 1. The Balaban J connectivity index is 0.00000122. The molecule has 0 aromatic heterocycles. The van der Waals surface area contributed by atoms with Crippen LogP contribution in [0, 0.1) is 0 Å². The van der Waals surface area contributed by atoms with E-state index in [-0.39, 0.29) is 6.04 Å². The molecule has 150 valence electrons. The van der Waals surface area contributed by atoms with Gasteiger partial charge in [-0.15, -0.1) is 6.58 Å². The van der Waals surface area contributed by atoms with Crippen LogP contribution >= 0.6 is 23.4 Å². The van der Waals surface area contributed by atoms with E-state index in [2.05, 4.69) is 49.1 Å². The van der Waals surface area contributed by atoms with Gasteiger partial charge in [-0.1, -0.05) is 65.3 Å². The third kappa shape index (κ3) is 7.45. The Bertz CT molecular complexity index is 787. The minimum atomic E-state index is 0.0351. The molecule has 0 aliphatic carbocycles. The maximum Gasteiger partial charge on any atom is 0.183 e. The van der Waals surface area contributed by atoms with Crippen LogP contribution in [-0.2, 0) is 10.6 Å². The molecule has 0 bridgehead atoms. The Morgan fingerprint density at radius 3 is 2.39 bits per heavy atom. The Morgan fingerprint density at radius 1 is 1.25 bits per heavy atom. The highest BCUT2D eigenvalue weighted by Crippen LogP contribution is 2.26. The monoisotopic (exact) mass is 416 g/mol. The van der Waals surface area contributed by atoms with Crippen LogP contribution in [0.25, 0.3) is 5.76 Å². The van der Waals surface area contributed by atoms with Gasteiger partial charge in [-0.2, -0.15) is 11.8 Å². The minimum Gasteiger partial charge on any atom is -0.379 e. The van der Waals surface area contributed by atoms with E-state index in [0.29, 0.717) is 5.76 Å². The average Bonchev–Trinajstić information content (AvgIpc) is 2.68. The molecule has 2 rings (SSSR count). The first kappa shape index (κ1) is 23.9. The molecule has 3 nitrogen and oxygen atoms in total. The van der Waals surface area contributed by atoms with Crippen LogP contribution in [0.3, 0.4) is 0 Å². The summed E-state index contributed by atoms with van der Waals surface area (Å²) in [6.07, 6.45) is 3.84. The zero-order valence-corrected chi connectivity index (χ0v) is 18.6. The van der Waals surface area contributed by atoms with Gasteiger partial charge in [0.2, 0.25) is 0 Å². The highest BCUT2D eigenvalue weighted by Gasteiger charge is 2.13. The number of hydrogen-bond donors (Lipinski definition) is 1. The van der Waals surface area contributed by atoms with Crippen LogP contribution in [0.5, 0.6) is 0 Å². The lowest BCUT2D eigenvalue weighted by atomic mass is 10.1. The molecule has 0 spiro atoms. The minimum absolute atomic E-state index is 0.0351. The fraction of sp³-hybridized carbons (Fsp3) is 0.261. The van der Waals surface area contributed by atoms with Crippen LogP contribution < -0.4 is 5.32 Å². The van der Waals surface area contributed by atoms with Gasteiger partial charge in [-0.25, -0.2) is 0 Å². The quantitative estimate of drug-likeness (QED) is 0.216. The number of nitrogens with one attached hydrogen (secondary N) is 1. The molecule has 5 heteroatoms. The van der Waals surface area contributed by atoms with E-state index in [1.807, 2.05) is 50.2 Å². The van der Waals surface area contributed by atoms with Crippen molar-refractivity contribution in [2.24, 2.45) is 5.16 Å². The summed E-state index contributed by atoms with van der Waals surface area (Å²) in [5, 5.41) is 7.79. The highest BCUT2D eigenvalue weighted by atomic mass is 35.5. The van der Waals surface area contributed by atoms with Gasteiger partial charge in [0.25, 0.3) is 0 Å². The van der Waals surface area contributed by atoms with Crippen molar-refractivity contribution in [3.8, 4) is 0 Å². The first-order valence-electron chi connectivity index (χ1n) is 8.98. The first-order valence-corrected chi connectivity index (χ1v) is 10.8. The molecule has 1 atom stereocenters. The maximum atomic E-state index is 6.29. The number of allylic oxidation sites excluding steroid dienone is 2. The van der Waals surface area contributed by atoms with Gasteiger partial charge in [0, 0.05) is 29.1 Å². The number of rotatable bonds is 8. The summed E-state index contributed by atoms with van der Waals surface area (Å²) in [6.45, 7) is 12.7. The average molecular weight is 417 g/mol. The molecular formula is C23H29ClN2OS. The van der Waals surface area contributed by atoms with Crippen molar-refractivity contribution in [2.75, 3.05) is 6.26 Å². The lowest BCUT2D eigenvalue weighted by Crippen LogP contribution is -2.18. The van der Waals surface area contributed by atoms with Crippen LogP contribution in [0.4, 0.5) is 0 Å². The first-order chi connectivity index (χ1) is 13.5. The molecule has 1 N–H and O–H groups in total. The molecule has 0 saturated carbocycles. The van der Waals surface area contributed by atoms with E-state index in [0.717, 1.165) is 27.6 Å². The lowest BCUT2D eigenvalue weighted by molar-refractivity contribution is 0.296. The zero-order valence-electron chi connectivity index (χ0n) is 17.0. The normalized spacial score (nSPS) is 12.0. The summed E-state index contributed by atoms with van der Waals surface area (Å²) in [5.74, 6) is 1.64. The third-order valence-corrected chi connectivity index (χ3v) is 4.79. The van der Waals surface area contributed by atoms with Crippen LogP contribution in [0.2, 0.25) is 5.02 Å². The molecule has 2 aromatic rings. The summed E-state index contributed by atoms with van der Waals surface area (Å²) < 4.78 is 0. The molecule has 0 aliphatic heterocycles. The van der Waals surface area contributed by atoms with Gasteiger partial charge in [0.1, 0.15) is 0 Å². The van der Waals surface area contributed by atoms with Gasteiger partial charge in [-0.3, -0.25) is 0 Å². The van der Waals surface area contributed by atoms with Crippen molar-refractivity contribution in [1.82, 2.24) is 5.32 Å². The largest absolute Gasteiger partial charge is 0.379 e. The summed E-state index contributed by atoms with van der Waals surface area (Å²) in [5.41, 5.74) is 4.13. The van der Waals surface area contributed by atoms with Gasteiger partial charge in [0.05, 0.1) is 5.70 Å². The predicted octanol–water partition coefficient (Wildman–Crippen LogP) is 7.07. The summed E-state index contributed by atoms with van der Waals surface area (Å²) in [4.78, 5) is 5.45. The van der Waals surface area contributed by atoms with Gasteiger partial charge in [-0.05, 0) is 44.2 Å². The van der Waals surface area contributed by atoms with E-state index >= 15 is 0 Å². The predicted molar refractivity (Wildman–Crippen MR) is 126 cm³/mol. The highest BCUT2D eigenvalue weighted by molar-refractivity contribution is 7.97. The van der Waals surface area contributed by atoms with Crippen molar-refractivity contribution in [3.63, 3.8) is 0 Å². The van der Waals surface area contributed by atoms with Crippen molar-refractivity contribution in [1.29, 1.82) is 0 Å². The van der Waals surface area contributed by atoms with Crippen LogP contribution in [0.1, 0.15) is 43.5 Å². The van der Waals surface area contributed by atoms with Crippen molar-refractivity contribution in [3.05, 3.63) is 88.6 Å². The van der Waals surface area contributed by atoms with E-state index in [4.69, 9.17) is 16.4 Å². The van der Waals surface area contributed by atoms with Gasteiger partial charge in [0.15, 0.2) is 5.76 Å². The summed E-state index contributed by atoms with van der Waals surface area (Å²) in [7, 11) is 0. The number of halogens is 1. The van der Waals surface area contributed by atoms with Crippen molar-refractivity contribution >= 4 is 35.8 Å². The third-order valence-electron chi connectivity index (χ3n) is 3.83. The zero-order chi connectivity index (χ0) is 20.9. The number of nitrogens with zero attached hydrogens (tertiary/aromatic N) is 1.